The molecule has 0 radical (unpaired) electrons. The van der Waals surface area contributed by atoms with Crippen LogP contribution in [0.1, 0.15) is 13.8 Å². The fraction of sp³-hybridized carbons (Fsp3) is 0.400. The summed E-state index contributed by atoms with van der Waals surface area (Å²) in [5.41, 5.74) is 0. The van der Waals surface area contributed by atoms with Gasteiger partial charge in [0.25, 0.3) is 0 Å². The topological polar surface area (TPSA) is 52.6 Å². The van der Waals surface area contributed by atoms with Crippen LogP contribution in [0.3, 0.4) is 0 Å². The third kappa shape index (κ3) is 3.05. The highest BCUT2D eigenvalue weighted by Crippen LogP contribution is 2.13. The summed E-state index contributed by atoms with van der Waals surface area (Å²) in [6.45, 7) is 2.63. The normalized spacial score (nSPS) is 24.4. The first kappa shape index (κ1) is 10.5. The molecule has 0 saturated carbocycles. The summed E-state index contributed by atoms with van der Waals surface area (Å²) in [5, 5.41) is 0. The standard InChI is InChI=1S/C10H12O4/c1-7(11)13-9-5-3-4-6-10(9)14-8(2)12/h3-6,9-10H,1-2H3/t9-,10-/m1/s1. The van der Waals surface area contributed by atoms with E-state index in [1.165, 1.54) is 13.8 Å². The molecule has 4 heteroatoms. The smallest absolute Gasteiger partial charge is 0.303 e. The number of allylic oxidation sites excluding steroid dienone is 2. The fourth-order valence-electron chi connectivity index (χ4n) is 1.16. The molecule has 0 N–H and O–H groups in total. The molecule has 0 aromatic rings. The number of esters is 2. The molecule has 0 saturated heterocycles. The zero-order valence-corrected chi connectivity index (χ0v) is 8.10. The van der Waals surface area contributed by atoms with Gasteiger partial charge in [-0.2, -0.15) is 0 Å². The summed E-state index contributed by atoms with van der Waals surface area (Å²) in [6.07, 6.45) is 5.81. The minimum atomic E-state index is -0.513. The van der Waals surface area contributed by atoms with Gasteiger partial charge >= 0.3 is 11.9 Å². The Labute approximate surface area is 82.2 Å². The van der Waals surface area contributed by atoms with Crippen LogP contribution in [-0.2, 0) is 19.1 Å². The van der Waals surface area contributed by atoms with Crippen LogP contribution in [0, 0.1) is 0 Å². The number of carbonyl (C=O) groups excluding carboxylic acids is 2. The second kappa shape index (κ2) is 4.60. The van der Waals surface area contributed by atoms with Crippen LogP contribution < -0.4 is 0 Å². The van der Waals surface area contributed by atoms with Gasteiger partial charge in [-0.05, 0) is 12.2 Å². The molecule has 14 heavy (non-hydrogen) atoms. The van der Waals surface area contributed by atoms with Gasteiger partial charge < -0.3 is 9.47 Å². The van der Waals surface area contributed by atoms with Crippen LogP contribution in [0.5, 0.6) is 0 Å². The molecule has 0 aromatic carbocycles. The van der Waals surface area contributed by atoms with Crippen molar-refractivity contribution in [3.63, 3.8) is 0 Å². The Morgan fingerprint density at radius 2 is 1.29 bits per heavy atom. The number of rotatable bonds is 2. The minimum Gasteiger partial charge on any atom is -0.454 e. The number of hydrogen-bond donors (Lipinski definition) is 0. The number of carbonyl (C=O) groups is 2. The van der Waals surface area contributed by atoms with E-state index in [1.807, 2.05) is 0 Å². The average molecular weight is 196 g/mol. The van der Waals surface area contributed by atoms with Crippen LogP contribution in [0.15, 0.2) is 24.3 Å². The van der Waals surface area contributed by atoms with E-state index in [0.717, 1.165) is 0 Å². The molecule has 0 aliphatic heterocycles. The maximum absolute atomic E-state index is 10.7. The predicted molar refractivity (Wildman–Crippen MR) is 49.4 cm³/mol. The van der Waals surface area contributed by atoms with Crippen molar-refractivity contribution in [2.24, 2.45) is 0 Å². The lowest BCUT2D eigenvalue weighted by Gasteiger charge is -2.22. The van der Waals surface area contributed by atoms with Crippen molar-refractivity contribution in [2.75, 3.05) is 0 Å². The van der Waals surface area contributed by atoms with Crippen molar-refractivity contribution in [1.82, 2.24) is 0 Å². The zero-order valence-electron chi connectivity index (χ0n) is 8.10. The van der Waals surface area contributed by atoms with Crippen LogP contribution in [0.4, 0.5) is 0 Å². The molecule has 76 valence electrons. The molecule has 0 heterocycles. The van der Waals surface area contributed by atoms with Gasteiger partial charge in [0, 0.05) is 13.8 Å². The van der Waals surface area contributed by atoms with Gasteiger partial charge in [-0.25, -0.2) is 0 Å². The molecule has 0 fully saturated rings. The van der Waals surface area contributed by atoms with Gasteiger partial charge in [0.2, 0.25) is 0 Å². The Morgan fingerprint density at radius 3 is 1.57 bits per heavy atom. The summed E-state index contributed by atoms with van der Waals surface area (Å²) in [6, 6.07) is 0. The minimum absolute atomic E-state index is 0.396. The largest absolute Gasteiger partial charge is 0.454 e. The van der Waals surface area contributed by atoms with E-state index in [-0.39, 0.29) is 0 Å². The number of hydrogen-bond acceptors (Lipinski definition) is 4. The predicted octanol–water partition coefficient (Wildman–Crippen LogP) is 0.976. The van der Waals surface area contributed by atoms with Gasteiger partial charge in [-0.3, -0.25) is 9.59 Å². The Balaban J connectivity index is 2.61. The van der Waals surface area contributed by atoms with Crippen LogP contribution in [0.2, 0.25) is 0 Å². The van der Waals surface area contributed by atoms with Crippen molar-refractivity contribution in [2.45, 2.75) is 26.1 Å². The lowest BCUT2D eigenvalue weighted by Crippen LogP contribution is -2.32. The zero-order chi connectivity index (χ0) is 10.6. The molecule has 1 rings (SSSR count). The van der Waals surface area contributed by atoms with Gasteiger partial charge in [0.15, 0.2) is 12.2 Å². The molecule has 0 spiro atoms. The Morgan fingerprint density at radius 1 is 0.929 bits per heavy atom. The molecular formula is C10H12O4. The highest BCUT2D eigenvalue weighted by molar-refractivity contribution is 5.68. The van der Waals surface area contributed by atoms with Crippen molar-refractivity contribution in [1.29, 1.82) is 0 Å². The van der Waals surface area contributed by atoms with Crippen molar-refractivity contribution in [3.8, 4) is 0 Å². The SMILES string of the molecule is CC(=O)O[C@@H]1C=CC=C[C@H]1OC(C)=O. The van der Waals surface area contributed by atoms with E-state index in [9.17, 15) is 9.59 Å². The highest BCUT2D eigenvalue weighted by atomic mass is 16.6. The molecule has 0 aromatic heterocycles. The molecular weight excluding hydrogens is 184 g/mol. The van der Waals surface area contributed by atoms with Crippen molar-refractivity contribution in [3.05, 3.63) is 24.3 Å². The lowest BCUT2D eigenvalue weighted by molar-refractivity contribution is -0.158. The van der Waals surface area contributed by atoms with Crippen LogP contribution >= 0.6 is 0 Å². The lowest BCUT2D eigenvalue weighted by atomic mass is 10.1. The van der Waals surface area contributed by atoms with E-state index in [2.05, 4.69) is 0 Å². The highest BCUT2D eigenvalue weighted by Gasteiger charge is 2.23. The first-order valence-corrected chi connectivity index (χ1v) is 4.29. The second-order valence-electron chi connectivity index (χ2n) is 2.92. The van der Waals surface area contributed by atoms with Crippen LogP contribution in [-0.4, -0.2) is 24.1 Å². The monoisotopic (exact) mass is 196 g/mol. The maximum Gasteiger partial charge on any atom is 0.303 e. The van der Waals surface area contributed by atoms with E-state index in [4.69, 9.17) is 9.47 Å². The van der Waals surface area contributed by atoms with Gasteiger partial charge in [-0.15, -0.1) is 0 Å². The number of ether oxygens (including phenoxy) is 2. The summed E-state index contributed by atoms with van der Waals surface area (Å²) < 4.78 is 9.90. The van der Waals surface area contributed by atoms with Gasteiger partial charge in [0.05, 0.1) is 0 Å². The fourth-order valence-corrected chi connectivity index (χ4v) is 1.16. The quantitative estimate of drug-likeness (QED) is 0.618. The molecule has 1 aliphatic carbocycles. The summed E-state index contributed by atoms with van der Waals surface area (Å²) in [4.78, 5) is 21.4. The van der Waals surface area contributed by atoms with E-state index >= 15 is 0 Å². The molecule has 4 nitrogen and oxygen atoms in total. The van der Waals surface area contributed by atoms with Crippen molar-refractivity contribution >= 4 is 11.9 Å². The maximum atomic E-state index is 10.7. The molecule has 2 atom stereocenters. The van der Waals surface area contributed by atoms with E-state index in [1.54, 1.807) is 24.3 Å². The molecule has 0 unspecified atom stereocenters. The first-order valence-electron chi connectivity index (χ1n) is 4.29. The molecule has 1 aliphatic rings. The summed E-state index contributed by atoms with van der Waals surface area (Å²) in [5.74, 6) is -0.792. The molecule has 0 bridgehead atoms. The van der Waals surface area contributed by atoms with E-state index < -0.39 is 24.1 Å². The van der Waals surface area contributed by atoms with Crippen molar-refractivity contribution < 1.29 is 19.1 Å². The van der Waals surface area contributed by atoms with E-state index in [0.29, 0.717) is 0 Å². The Bertz CT molecular complexity index is 260. The third-order valence-corrected chi connectivity index (χ3v) is 1.64. The third-order valence-electron chi connectivity index (χ3n) is 1.64. The average Bonchev–Trinajstić information content (AvgIpc) is 2.06. The second-order valence-corrected chi connectivity index (χ2v) is 2.92. The van der Waals surface area contributed by atoms with Crippen LogP contribution in [0.25, 0.3) is 0 Å². The summed E-state index contributed by atoms with van der Waals surface area (Å²) in [7, 11) is 0. The summed E-state index contributed by atoms with van der Waals surface area (Å²) >= 11 is 0. The Hall–Kier alpha value is -1.58. The van der Waals surface area contributed by atoms with Gasteiger partial charge in [-0.1, -0.05) is 12.2 Å². The molecule has 0 amide bonds. The Kier molecular flexibility index (Phi) is 3.45. The van der Waals surface area contributed by atoms with Gasteiger partial charge in [0.1, 0.15) is 0 Å². The first-order chi connectivity index (χ1) is 6.59.